The summed E-state index contributed by atoms with van der Waals surface area (Å²) in [4.78, 5) is 26.0. The summed E-state index contributed by atoms with van der Waals surface area (Å²) in [6.07, 6.45) is 2.86. The van der Waals surface area contributed by atoms with E-state index in [1.165, 1.54) is 30.5 Å². The second kappa shape index (κ2) is 5.45. The van der Waals surface area contributed by atoms with Crippen LogP contribution in [0.4, 0.5) is 5.69 Å². The van der Waals surface area contributed by atoms with Gasteiger partial charge in [-0.15, -0.1) is 0 Å². The number of nitro benzene ring substituents is 1. The van der Waals surface area contributed by atoms with Crippen LogP contribution >= 0.6 is 11.6 Å². The lowest BCUT2D eigenvalue weighted by Crippen LogP contribution is -2.06. The van der Waals surface area contributed by atoms with Crippen molar-refractivity contribution in [1.29, 1.82) is 0 Å². The van der Waals surface area contributed by atoms with Crippen molar-refractivity contribution in [1.82, 2.24) is 0 Å². The Hall–Kier alpha value is -2.93. The molecule has 0 bridgehead atoms. The number of hydrogen-bond acceptors (Lipinski definition) is 6. The van der Waals surface area contributed by atoms with E-state index in [0.29, 0.717) is 5.76 Å². The zero-order valence-corrected chi connectivity index (χ0v) is 11.6. The molecular weight excluding hydrogens is 312 g/mol. The molecule has 22 heavy (non-hydrogen) atoms. The monoisotopic (exact) mass is 318 g/mol. The highest BCUT2D eigenvalue weighted by molar-refractivity contribution is 6.34. The van der Waals surface area contributed by atoms with Gasteiger partial charge in [0.05, 0.1) is 21.8 Å². The number of benzene rings is 1. The van der Waals surface area contributed by atoms with Gasteiger partial charge in [0.1, 0.15) is 5.76 Å². The van der Waals surface area contributed by atoms with Crippen molar-refractivity contribution in [2.45, 2.75) is 0 Å². The summed E-state index contributed by atoms with van der Waals surface area (Å²) in [5, 5.41) is 11.0. The van der Waals surface area contributed by atoms with Crippen LogP contribution in [0.3, 0.4) is 0 Å². The molecule has 0 amide bonds. The van der Waals surface area contributed by atoms with Crippen molar-refractivity contribution in [2.24, 2.45) is 4.99 Å². The highest BCUT2D eigenvalue weighted by atomic mass is 35.5. The molecule has 0 saturated carbocycles. The van der Waals surface area contributed by atoms with E-state index in [0.717, 1.165) is 0 Å². The van der Waals surface area contributed by atoms with Gasteiger partial charge < -0.3 is 9.15 Å². The van der Waals surface area contributed by atoms with E-state index < -0.39 is 10.9 Å². The van der Waals surface area contributed by atoms with Crippen molar-refractivity contribution in [3.8, 4) is 0 Å². The van der Waals surface area contributed by atoms with E-state index in [-0.39, 0.29) is 27.9 Å². The van der Waals surface area contributed by atoms with Gasteiger partial charge in [0, 0.05) is 18.2 Å². The molecule has 1 aromatic carbocycles. The molecular formula is C14H7ClN2O5. The second-order valence-electron chi connectivity index (χ2n) is 4.27. The Bertz CT molecular complexity index is 824. The van der Waals surface area contributed by atoms with E-state index in [1.807, 2.05) is 0 Å². The number of nitro groups is 1. The molecule has 0 aliphatic carbocycles. The Labute approximate surface area is 128 Å². The van der Waals surface area contributed by atoms with Crippen LogP contribution in [0.2, 0.25) is 5.02 Å². The van der Waals surface area contributed by atoms with Gasteiger partial charge in [-0.05, 0) is 18.2 Å². The Kier molecular flexibility index (Phi) is 3.48. The molecule has 0 N–H and O–H groups in total. The summed E-state index contributed by atoms with van der Waals surface area (Å²) >= 11 is 5.99. The van der Waals surface area contributed by atoms with E-state index in [2.05, 4.69) is 4.99 Å². The van der Waals surface area contributed by atoms with Crippen molar-refractivity contribution in [2.75, 3.05) is 0 Å². The maximum absolute atomic E-state index is 11.8. The van der Waals surface area contributed by atoms with Crippen molar-refractivity contribution in [3.63, 3.8) is 0 Å². The van der Waals surface area contributed by atoms with Crippen molar-refractivity contribution >= 4 is 35.2 Å². The second-order valence-corrected chi connectivity index (χ2v) is 4.68. The third kappa shape index (κ3) is 2.61. The van der Waals surface area contributed by atoms with Gasteiger partial charge in [-0.2, -0.15) is 0 Å². The van der Waals surface area contributed by atoms with Crippen LogP contribution in [0.1, 0.15) is 11.3 Å². The van der Waals surface area contributed by atoms with Crippen LogP contribution in [-0.4, -0.2) is 16.8 Å². The molecule has 8 heteroatoms. The largest absolute Gasteiger partial charge is 0.465 e. The average molecular weight is 319 g/mol. The van der Waals surface area contributed by atoms with Crippen LogP contribution in [0.5, 0.6) is 0 Å². The zero-order valence-electron chi connectivity index (χ0n) is 10.9. The third-order valence-corrected chi connectivity index (χ3v) is 3.16. The van der Waals surface area contributed by atoms with Gasteiger partial charge in [-0.1, -0.05) is 11.6 Å². The fraction of sp³-hybridized carbons (Fsp3) is 0. The molecule has 2 aromatic rings. The first-order chi connectivity index (χ1) is 10.5. The number of cyclic esters (lactones) is 1. The van der Waals surface area contributed by atoms with Crippen LogP contribution < -0.4 is 0 Å². The van der Waals surface area contributed by atoms with Gasteiger partial charge in [-0.25, -0.2) is 9.79 Å². The normalized spacial score (nSPS) is 15.8. The standard InChI is InChI=1S/C14H7ClN2O5/c15-11-4-3-8(17(19)20)6-10(11)13-16-12(14(18)22-13)7-9-2-1-5-21-9/h1-7H/b12-7+. The lowest BCUT2D eigenvalue weighted by atomic mass is 10.2. The molecule has 110 valence electrons. The molecule has 0 atom stereocenters. The maximum Gasteiger partial charge on any atom is 0.363 e. The first-order valence-electron chi connectivity index (χ1n) is 6.05. The average Bonchev–Trinajstić information content (AvgIpc) is 3.10. The Balaban J connectivity index is 2.01. The van der Waals surface area contributed by atoms with Gasteiger partial charge in [0.15, 0.2) is 5.70 Å². The number of hydrogen-bond donors (Lipinski definition) is 0. The summed E-state index contributed by atoms with van der Waals surface area (Å²) < 4.78 is 10.1. The van der Waals surface area contributed by atoms with Crippen LogP contribution in [0, 0.1) is 10.1 Å². The number of furan rings is 1. The minimum Gasteiger partial charge on any atom is -0.465 e. The van der Waals surface area contributed by atoms with E-state index in [9.17, 15) is 14.9 Å². The molecule has 0 saturated heterocycles. The van der Waals surface area contributed by atoms with Crippen molar-refractivity contribution < 1.29 is 18.9 Å². The lowest BCUT2D eigenvalue weighted by Gasteiger charge is -2.02. The number of esters is 1. The number of nitrogens with zero attached hydrogens (tertiary/aromatic N) is 2. The molecule has 0 unspecified atom stereocenters. The quantitative estimate of drug-likeness (QED) is 0.375. The van der Waals surface area contributed by atoms with E-state index >= 15 is 0 Å². The summed E-state index contributed by atoms with van der Waals surface area (Å²) in [6.45, 7) is 0. The molecule has 7 nitrogen and oxygen atoms in total. The zero-order chi connectivity index (χ0) is 15.7. The summed E-state index contributed by atoms with van der Waals surface area (Å²) in [6, 6.07) is 7.11. The molecule has 3 rings (SSSR count). The fourth-order valence-electron chi connectivity index (χ4n) is 1.82. The Morgan fingerprint density at radius 1 is 1.32 bits per heavy atom. The molecule has 0 spiro atoms. The van der Waals surface area contributed by atoms with Crippen LogP contribution in [0.25, 0.3) is 6.08 Å². The Morgan fingerprint density at radius 2 is 2.14 bits per heavy atom. The SMILES string of the molecule is O=C1OC(c2cc([N+](=O)[O-])ccc2Cl)=N/C1=C/c1ccco1. The molecule has 1 aromatic heterocycles. The summed E-state index contributed by atoms with van der Waals surface area (Å²) in [7, 11) is 0. The van der Waals surface area contributed by atoms with Crippen molar-refractivity contribution in [3.05, 3.63) is 68.8 Å². The predicted molar refractivity (Wildman–Crippen MR) is 77.4 cm³/mol. The third-order valence-electron chi connectivity index (χ3n) is 2.83. The lowest BCUT2D eigenvalue weighted by molar-refractivity contribution is -0.384. The van der Waals surface area contributed by atoms with Crippen LogP contribution in [0.15, 0.2) is 51.7 Å². The van der Waals surface area contributed by atoms with Gasteiger partial charge in [0.25, 0.3) is 5.69 Å². The van der Waals surface area contributed by atoms with Gasteiger partial charge >= 0.3 is 5.97 Å². The fourth-order valence-corrected chi connectivity index (χ4v) is 2.02. The van der Waals surface area contributed by atoms with Gasteiger partial charge in [-0.3, -0.25) is 10.1 Å². The molecule has 2 heterocycles. The molecule has 0 radical (unpaired) electrons. The minimum atomic E-state index is -0.686. The minimum absolute atomic E-state index is 0.0209. The number of non-ortho nitro benzene ring substituents is 1. The topological polar surface area (TPSA) is 94.9 Å². The number of ether oxygens (including phenoxy) is 1. The number of carbonyl (C=O) groups is 1. The first-order valence-corrected chi connectivity index (χ1v) is 6.43. The highest BCUT2D eigenvalue weighted by Gasteiger charge is 2.27. The van der Waals surface area contributed by atoms with E-state index in [1.54, 1.807) is 12.1 Å². The predicted octanol–water partition coefficient (Wildman–Crippen LogP) is 3.19. The highest BCUT2D eigenvalue weighted by Crippen LogP contribution is 2.27. The van der Waals surface area contributed by atoms with Gasteiger partial charge in [0.2, 0.25) is 5.90 Å². The van der Waals surface area contributed by atoms with Crippen LogP contribution in [-0.2, 0) is 9.53 Å². The summed E-state index contributed by atoms with van der Waals surface area (Å²) in [5.74, 6) is -0.340. The molecule has 0 fully saturated rings. The maximum atomic E-state index is 11.8. The smallest absolute Gasteiger partial charge is 0.363 e. The number of halogens is 1. The Morgan fingerprint density at radius 3 is 2.82 bits per heavy atom. The molecule has 1 aliphatic heterocycles. The molecule has 1 aliphatic rings. The number of carbonyl (C=O) groups excluding carboxylic acids is 1. The summed E-state index contributed by atoms with van der Waals surface area (Å²) in [5.41, 5.74) is 0.0150. The van der Waals surface area contributed by atoms with E-state index in [4.69, 9.17) is 20.8 Å². The number of rotatable bonds is 3. The number of aliphatic imine (C=N–C) groups is 1. The first kappa shape index (κ1) is 14.0.